The largest absolute Gasteiger partial charge is 0.504 e. The molecule has 1 saturated heterocycles. The van der Waals surface area contributed by atoms with Crippen LogP contribution < -0.4 is 4.74 Å². The second kappa shape index (κ2) is 7.87. The van der Waals surface area contributed by atoms with E-state index in [9.17, 15) is 29.6 Å². The maximum Gasteiger partial charge on any atom is 0.325 e. The van der Waals surface area contributed by atoms with Crippen LogP contribution in [0.25, 0.3) is 6.08 Å². The molecule has 0 atom stereocenters. The molecule has 1 aliphatic heterocycles. The molecule has 1 aliphatic rings. The SMILES string of the molecule is CCOc1cc([N+](=O)[O-])cc(C=C2SC(=O)N(CC(=O)OC)C2=O)c1O. The minimum atomic E-state index is -0.773. The van der Waals surface area contributed by atoms with Gasteiger partial charge in [0.05, 0.1) is 29.6 Å². The Bertz CT molecular complexity index is 820. The summed E-state index contributed by atoms with van der Waals surface area (Å²) >= 11 is 0.540. The number of non-ortho nitro benzene ring substituents is 1. The number of aromatic hydroxyl groups is 1. The van der Waals surface area contributed by atoms with Gasteiger partial charge in [0.25, 0.3) is 16.8 Å². The first-order valence-corrected chi connectivity index (χ1v) is 8.06. The standard InChI is InChI=1S/C15H14N2O8S/c1-3-25-10-6-9(17(22)23)4-8(13(10)19)5-11-14(20)16(15(21)26-11)7-12(18)24-2/h4-6,19H,3,7H2,1-2H3. The minimum Gasteiger partial charge on any atom is -0.504 e. The normalized spacial score (nSPS) is 15.5. The number of hydrogen-bond donors (Lipinski definition) is 1. The van der Waals surface area contributed by atoms with Gasteiger partial charge >= 0.3 is 5.97 Å². The number of methoxy groups -OCH3 is 1. The fourth-order valence-electron chi connectivity index (χ4n) is 2.07. The number of nitro groups is 1. The summed E-state index contributed by atoms with van der Waals surface area (Å²) in [4.78, 5) is 46.4. The zero-order chi connectivity index (χ0) is 19.4. The quantitative estimate of drug-likeness (QED) is 0.338. The molecule has 1 heterocycles. The van der Waals surface area contributed by atoms with Crippen LogP contribution in [0.1, 0.15) is 12.5 Å². The van der Waals surface area contributed by atoms with Crippen LogP contribution in [0, 0.1) is 10.1 Å². The molecule has 1 N–H and O–H groups in total. The number of nitro benzene ring substituents is 1. The van der Waals surface area contributed by atoms with Crippen LogP contribution in [-0.2, 0) is 14.3 Å². The van der Waals surface area contributed by atoms with E-state index in [1.165, 1.54) is 0 Å². The maximum atomic E-state index is 12.3. The van der Waals surface area contributed by atoms with Gasteiger partial charge in [0, 0.05) is 11.6 Å². The second-order valence-corrected chi connectivity index (χ2v) is 5.91. The Labute approximate surface area is 151 Å². The van der Waals surface area contributed by atoms with Crippen molar-refractivity contribution in [1.29, 1.82) is 0 Å². The number of nitrogens with zero attached hydrogens (tertiary/aromatic N) is 2. The molecule has 0 spiro atoms. The van der Waals surface area contributed by atoms with Crippen molar-refractivity contribution in [3.05, 3.63) is 32.7 Å². The Morgan fingerprint density at radius 1 is 1.42 bits per heavy atom. The molecule has 0 aliphatic carbocycles. The van der Waals surface area contributed by atoms with Crippen molar-refractivity contribution in [1.82, 2.24) is 4.90 Å². The third kappa shape index (κ3) is 3.94. The van der Waals surface area contributed by atoms with Crippen molar-refractivity contribution in [3.8, 4) is 11.5 Å². The van der Waals surface area contributed by atoms with Crippen molar-refractivity contribution in [2.24, 2.45) is 0 Å². The molecule has 11 heteroatoms. The van der Waals surface area contributed by atoms with Crippen LogP contribution >= 0.6 is 11.8 Å². The van der Waals surface area contributed by atoms with Crippen molar-refractivity contribution in [3.63, 3.8) is 0 Å². The average Bonchev–Trinajstić information content (AvgIpc) is 2.85. The lowest BCUT2D eigenvalue weighted by atomic mass is 10.1. The molecule has 138 valence electrons. The highest BCUT2D eigenvalue weighted by Crippen LogP contribution is 2.39. The number of hydrogen-bond acceptors (Lipinski definition) is 9. The Morgan fingerprint density at radius 3 is 2.69 bits per heavy atom. The van der Waals surface area contributed by atoms with Crippen LogP contribution in [0.5, 0.6) is 11.5 Å². The van der Waals surface area contributed by atoms with Gasteiger partial charge in [-0.2, -0.15) is 0 Å². The van der Waals surface area contributed by atoms with Crippen molar-refractivity contribution in [2.75, 3.05) is 20.3 Å². The van der Waals surface area contributed by atoms with E-state index in [0.29, 0.717) is 16.7 Å². The molecule has 10 nitrogen and oxygen atoms in total. The van der Waals surface area contributed by atoms with Crippen molar-refractivity contribution < 1.29 is 33.9 Å². The minimum absolute atomic E-state index is 0.0637. The number of imide groups is 1. The monoisotopic (exact) mass is 382 g/mol. The molecule has 0 aromatic heterocycles. The van der Waals surface area contributed by atoms with Crippen LogP contribution in [-0.4, -0.2) is 52.3 Å². The van der Waals surface area contributed by atoms with Crippen molar-refractivity contribution in [2.45, 2.75) is 6.92 Å². The van der Waals surface area contributed by atoms with Crippen LogP contribution in [0.4, 0.5) is 10.5 Å². The lowest BCUT2D eigenvalue weighted by molar-refractivity contribution is -0.385. The first-order valence-electron chi connectivity index (χ1n) is 7.24. The Hall–Kier alpha value is -3.08. The van der Waals surface area contributed by atoms with Gasteiger partial charge in [-0.25, -0.2) is 0 Å². The molecule has 0 saturated carbocycles. The highest BCUT2D eigenvalue weighted by atomic mass is 32.2. The van der Waals surface area contributed by atoms with Gasteiger partial charge in [-0.05, 0) is 24.8 Å². The molecule has 1 aromatic rings. The average molecular weight is 382 g/mol. The molecule has 0 radical (unpaired) electrons. The van der Waals surface area contributed by atoms with Gasteiger partial charge in [-0.15, -0.1) is 0 Å². The summed E-state index contributed by atoms with van der Waals surface area (Å²) in [5, 5.41) is 20.6. The van der Waals surface area contributed by atoms with E-state index in [2.05, 4.69) is 4.74 Å². The van der Waals surface area contributed by atoms with Crippen LogP contribution in [0.15, 0.2) is 17.0 Å². The number of carbonyl (C=O) groups is 3. The van der Waals surface area contributed by atoms with E-state index in [1.807, 2.05) is 0 Å². The van der Waals surface area contributed by atoms with E-state index in [0.717, 1.165) is 25.3 Å². The molecule has 2 amide bonds. The fourth-order valence-corrected chi connectivity index (χ4v) is 2.90. The van der Waals surface area contributed by atoms with Gasteiger partial charge in [0.1, 0.15) is 6.54 Å². The smallest absolute Gasteiger partial charge is 0.325 e. The summed E-state index contributed by atoms with van der Waals surface area (Å²) in [6.07, 6.45) is 1.13. The first kappa shape index (κ1) is 19.2. The van der Waals surface area contributed by atoms with Gasteiger partial charge in [0.2, 0.25) is 0 Å². The molecular weight excluding hydrogens is 368 g/mol. The molecular formula is C15H14N2O8S. The molecule has 1 fully saturated rings. The van der Waals surface area contributed by atoms with Crippen molar-refractivity contribution >= 4 is 40.6 Å². The number of amides is 2. The topological polar surface area (TPSA) is 136 Å². The number of phenolic OH excluding ortho intramolecular Hbond substituents is 1. The van der Waals surface area contributed by atoms with E-state index in [-0.39, 0.29) is 28.5 Å². The fraction of sp³-hybridized carbons (Fsp3) is 0.267. The summed E-state index contributed by atoms with van der Waals surface area (Å²) < 4.78 is 9.58. The predicted molar refractivity (Wildman–Crippen MR) is 90.6 cm³/mol. The number of benzene rings is 1. The summed E-state index contributed by atoms with van der Waals surface area (Å²) in [6.45, 7) is 1.24. The number of ether oxygens (including phenoxy) is 2. The number of phenols is 1. The number of esters is 1. The van der Waals surface area contributed by atoms with E-state index in [4.69, 9.17) is 4.74 Å². The second-order valence-electron chi connectivity index (χ2n) is 4.92. The third-order valence-electron chi connectivity index (χ3n) is 3.27. The maximum absolute atomic E-state index is 12.3. The molecule has 0 unspecified atom stereocenters. The summed E-state index contributed by atoms with van der Waals surface area (Å²) in [7, 11) is 1.12. The molecule has 0 bridgehead atoms. The first-order chi connectivity index (χ1) is 12.3. The predicted octanol–water partition coefficient (Wildman–Crippen LogP) is 1.91. The van der Waals surface area contributed by atoms with Gasteiger partial charge in [-0.1, -0.05) is 0 Å². The number of rotatable bonds is 6. The van der Waals surface area contributed by atoms with Gasteiger partial charge < -0.3 is 14.6 Å². The summed E-state index contributed by atoms with van der Waals surface area (Å²) in [5.74, 6) is -2.07. The Balaban J connectivity index is 2.42. The lowest BCUT2D eigenvalue weighted by Crippen LogP contribution is -2.34. The zero-order valence-corrected chi connectivity index (χ0v) is 14.6. The number of thioether (sulfide) groups is 1. The van der Waals surface area contributed by atoms with Gasteiger partial charge in [0.15, 0.2) is 11.5 Å². The molecule has 2 rings (SSSR count). The van der Waals surface area contributed by atoms with Crippen LogP contribution in [0.2, 0.25) is 0 Å². The zero-order valence-electron chi connectivity index (χ0n) is 13.8. The number of carbonyl (C=O) groups excluding carboxylic acids is 3. The van der Waals surface area contributed by atoms with Crippen LogP contribution in [0.3, 0.4) is 0 Å². The Kier molecular flexibility index (Phi) is 5.82. The Morgan fingerprint density at radius 2 is 2.12 bits per heavy atom. The lowest BCUT2D eigenvalue weighted by Gasteiger charge is -2.10. The molecule has 1 aromatic carbocycles. The highest BCUT2D eigenvalue weighted by Gasteiger charge is 2.37. The highest BCUT2D eigenvalue weighted by molar-refractivity contribution is 8.18. The summed E-state index contributed by atoms with van der Waals surface area (Å²) in [6, 6.07) is 2.10. The summed E-state index contributed by atoms with van der Waals surface area (Å²) in [5.41, 5.74) is -0.419. The molecule has 26 heavy (non-hydrogen) atoms. The van der Waals surface area contributed by atoms with E-state index in [1.54, 1.807) is 6.92 Å². The van der Waals surface area contributed by atoms with Gasteiger partial charge in [-0.3, -0.25) is 29.4 Å². The van der Waals surface area contributed by atoms with E-state index >= 15 is 0 Å². The third-order valence-corrected chi connectivity index (χ3v) is 4.18. The van der Waals surface area contributed by atoms with E-state index < -0.39 is 34.3 Å².